The molecule has 0 saturated heterocycles. The van der Waals surface area contributed by atoms with E-state index < -0.39 is 10.8 Å². The molecule has 0 spiro atoms. The van der Waals surface area contributed by atoms with E-state index in [0.717, 1.165) is 16.5 Å². The van der Waals surface area contributed by atoms with E-state index in [2.05, 4.69) is 15.5 Å². The van der Waals surface area contributed by atoms with Gasteiger partial charge in [0, 0.05) is 28.6 Å². The number of rotatable bonds is 4. The SMILES string of the molecule is Cc1ccc2cc(C=NNC(=O)c3cccc([N+](=O)[O-])c3)c(Cl)nc2c1. The highest BCUT2D eigenvalue weighted by Crippen LogP contribution is 2.20. The van der Waals surface area contributed by atoms with Crippen molar-refractivity contribution < 1.29 is 9.72 Å². The fourth-order valence-electron chi connectivity index (χ4n) is 2.35. The number of nitrogens with zero attached hydrogens (tertiary/aromatic N) is 3. The Morgan fingerprint density at radius 1 is 1.27 bits per heavy atom. The van der Waals surface area contributed by atoms with Gasteiger partial charge in [0.2, 0.25) is 0 Å². The number of pyridine rings is 1. The summed E-state index contributed by atoms with van der Waals surface area (Å²) in [6.07, 6.45) is 1.38. The maximum Gasteiger partial charge on any atom is 0.271 e. The molecule has 2 aromatic carbocycles. The number of aromatic nitrogens is 1. The second-order valence-electron chi connectivity index (χ2n) is 5.57. The molecule has 1 heterocycles. The minimum atomic E-state index is -0.567. The van der Waals surface area contributed by atoms with Gasteiger partial charge in [0.1, 0.15) is 5.15 Å². The first-order chi connectivity index (χ1) is 12.4. The molecule has 26 heavy (non-hydrogen) atoms. The van der Waals surface area contributed by atoms with Gasteiger partial charge >= 0.3 is 0 Å². The molecule has 7 nitrogen and oxygen atoms in total. The number of amides is 1. The van der Waals surface area contributed by atoms with Gasteiger partial charge in [0.15, 0.2) is 0 Å². The van der Waals surface area contributed by atoms with Crippen molar-refractivity contribution >= 4 is 40.3 Å². The number of nitro groups is 1. The average Bonchev–Trinajstić information content (AvgIpc) is 2.62. The van der Waals surface area contributed by atoms with Gasteiger partial charge in [0.05, 0.1) is 16.7 Å². The first kappa shape index (κ1) is 17.5. The zero-order valence-electron chi connectivity index (χ0n) is 13.6. The van der Waals surface area contributed by atoms with E-state index >= 15 is 0 Å². The van der Waals surface area contributed by atoms with Gasteiger partial charge in [-0.15, -0.1) is 0 Å². The first-order valence-electron chi connectivity index (χ1n) is 7.59. The van der Waals surface area contributed by atoms with Crippen molar-refractivity contribution in [2.75, 3.05) is 0 Å². The van der Waals surface area contributed by atoms with Crippen molar-refractivity contribution in [3.05, 3.63) is 80.5 Å². The molecule has 0 aliphatic carbocycles. The van der Waals surface area contributed by atoms with Crippen molar-refractivity contribution in [3.63, 3.8) is 0 Å². The highest BCUT2D eigenvalue weighted by atomic mass is 35.5. The summed E-state index contributed by atoms with van der Waals surface area (Å²) in [6, 6.07) is 13.0. The summed E-state index contributed by atoms with van der Waals surface area (Å²) in [7, 11) is 0. The van der Waals surface area contributed by atoms with Crippen LogP contribution in [0, 0.1) is 17.0 Å². The minimum Gasteiger partial charge on any atom is -0.267 e. The van der Waals surface area contributed by atoms with Gasteiger partial charge in [-0.3, -0.25) is 14.9 Å². The number of nitro benzene ring substituents is 1. The number of carbonyl (C=O) groups is 1. The number of hydrogen-bond donors (Lipinski definition) is 1. The third kappa shape index (κ3) is 3.84. The molecule has 130 valence electrons. The fraction of sp³-hybridized carbons (Fsp3) is 0.0556. The largest absolute Gasteiger partial charge is 0.271 e. The van der Waals surface area contributed by atoms with Crippen molar-refractivity contribution in [2.24, 2.45) is 5.10 Å². The van der Waals surface area contributed by atoms with Crippen molar-refractivity contribution in [3.8, 4) is 0 Å². The number of aryl methyl sites for hydroxylation is 1. The summed E-state index contributed by atoms with van der Waals surface area (Å²) < 4.78 is 0. The number of fused-ring (bicyclic) bond motifs is 1. The number of halogens is 1. The zero-order chi connectivity index (χ0) is 18.7. The standard InChI is InChI=1S/C18H13ClN4O3/c1-11-5-6-12-8-14(17(19)21-16(12)7-11)10-20-22-18(24)13-3-2-4-15(9-13)23(25)26/h2-10H,1H3,(H,22,24). The summed E-state index contributed by atoms with van der Waals surface area (Å²) in [5.74, 6) is -0.564. The van der Waals surface area contributed by atoms with Gasteiger partial charge in [-0.1, -0.05) is 29.8 Å². The second-order valence-corrected chi connectivity index (χ2v) is 5.93. The van der Waals surface area contributed by atoms with Gasteiger partial charge in [-0.05, 0) is 30.7 Å². The lowest BCUT2D eigenvalue weighted by atomic mass is 10.1. The predicted molar refractivity (Wildman–Crippen MR) is 99.6 cm³/mol. The van der Waals surface area contributed by atoms with E-state index in [4.69, 9.17) is 11.6 Å². The Bertz CT molecular complexity index is 1050. The molecule has 0 fully saturated rings. The lowest BCUT2D eigenvalue weighted by Crippen LogP contribution is -2.17. The predicted octanol–water partition coefficient (Wildman–Crippen LogP) is 3.87. The summed E-state index contributed by atoms with van der Waals surface area (Å²) in [4.78, 5) is 26.6. The fourth-order valence-corrected chi connectivity index (χ4v) is 2.54. The third-order valence-electron chi connectivity index (χ3n) is 3.64. The van der Waals surface area contributed by atoms with E-state index in [1.165, 1.54) is 30.5 Å². The topological polar surface area (TPSA) is 97.5 Å². The highest BCUT2D eigenvalue weighted by Gasteiger charge is 2.11. The van der Waals surface area contributed by atoms with Crippen molar-refractivity contribution in [1.82, 2.24) is 10.4 Å². The van der Waals surface area contributed by atoms with Crippen molar-refractivity contribution in [2.45, 2.75) is 6.92 Å². The summed E-state index contributed by atoms with van der Waals surface area (Å²) in [5, 5.41) is 15.8. The average molecular weight is 369 g/mol. The van der Waals surface area contributed by atoms with Gasteiger partial charge in [-0.2, -0.15) is 5.10 Å². The van der Waals surface area contributed by atoms with E-state index in [9.17, 15) is 14.9 Å². The van der Waals surface area contributed by atoms with Crippen LogP contribution in [0.5, 0.6) is 0 Å². The van der Waals surface area contributed by atoms with Gasteiger partial charge < -0.3 is 0 Å². The molecule has 0 aliphatic rings. The molecule has 0 bridgehead atoms. The number of nitrogens with one attached hydrogen (secondary N) is 1. The number of non-ortho nitro benzene ring substituents is 1. The van der Waals surface area contributed by atoms with Crippen LogP contribution in [0.15, 0.2) is 53.6 Å². The zero-order valence-corrected chi connectivity index (χ0v) is 14.4. The maximum atomic E-state index is 12.0. The van der Waals surface area contributed by atoms with Crippen LogP contribution in [0.1, 0.15) is 21.5 Å². The van der Waals surface area contributed by atoms with E-state index in [1.807, 2.05) is 31.2 Å². The molecule has 0 atom stereocenters. The van der Waals surface area contributed by atoms with E-state index in [0.29, 0.717) is 5.56 Å². The Hall–Kier alpha value is -3.32. The van der Waals surface area contributed by atoms with Crippen LogP contribution in [0.25, 0.3) is 10.9 Å². The Kier molecular flexibility index (Phi) is 4.90. The second kappa shape index (κ2) is 7.28. The highest BCUT2D eigenvalue weighted by molar-refractivity contribution is 6.32. The number of hydrazone groups is 1. The van der Waals surface area contributed by atoms with E-state index in [-0.39, 0.29) is 16.4 Å². The Labute approximate surface area is 153 Å². The van der Waals surface area contributed by atoms with Crippen LogP contribution in [0.2, 0.25) is 5.15 Å². The molecule has 0 aliphatic heterocycles. The Morgan fingerprint density at radius 2 is 2.08 bits per heavy atom. The van der Waals surface area contributed by atoms with Gasteiger partial charge in [0.25, 0.3) is 11.6 Å². The van der Waals surface area contributed by atoms with Crippen LogP contribution in [-0.4, -0.2) is 22.0 Å². The van der Waals surface area contributed by atoms with Crippen LogP contribution in [0.3, 0.4) is 0 Å². The summed E-state index contributed by atoms with van der Waals surface area (Å²) in [5.41, 5.74) is 4.68. The maximum absolute atomic E-state index is 12.0. The quantitative estimate of drug-likeness (QED) is 0.327. The molecule has 1 aromatic heterocycles. The molecule has 0 radical (unpaired) electrons. The normalized spacial score (nSPS) is 11.0. The molecule has 1 N–H and O–H groups in total. The molecule has 3 rings (SSSR count). The molecular formula is C18H13ClN4O3. The van der Waals surface area contributed by atoms with Crippen LogP contribution < -0.4 is 5.43 Å². The van der Waals surface area contributed by atoms with E-state index in [1.54, 1.807) is 0 Å². The molecule has 1 amide bonds. The van der Waals surface area contributed by atoms with Crippen LogP contribution >= 0.6 is 11.6 Å². The van der Waals surface area contributed by atoms with Crippen molar-refractivity contribution in [1.29, 1.82) is 0 Å². The van der Waals surface area contributed by atoms with Crippen LogP contribution in [0.4, 0.5) is 5.69 Å². The van der Waals surface area contributed by atoms with Gasteiger partial charge in [-0.25, -0.2) is 10.4 Å². The summed E-state index contributed by atoms with van der Waals surface area (Å²) >= 11 is 6.15. The smallest absolute Gasteiger partial charge is 0.267 e. The number of carbonyl (C=O) groups excluding carboxylic acids is 1. The molecular weight excluding hydrogens is 356 g/mol. The molecule has 0 unspecified atom stereocenters. The Morgan fingerprint density at radius 3 is 2.85 bits per heavy atom. The first-order valence-corrected chi connectivity index (χ1v) is 7.96. The van der Waals surface area contributed by atoms with Crippen LogP contribution in [-0.2, 0) is 0 Å². The summed E-state index contributed by atoms with van der Waals surface area (Å²) in [6.45, 7) is 1.97. The third-order valence-corrected chi connectivity index (χ3v) is 3.95. The molecule has 0 saturated carbocycles. The minimum absolute atomic E-state index is 0.134. The lowest BCUT2D eigenvalue weighted by molar-refractivity contribution is -0.384. The number of benzene rings is 2. The lowest BCUT2D eigenvalue weighted by Gasteiger charge is -2.03. The number of hydrogen-bond acceptors (Lipinski definition) is 5. The Balaban J connectivity index is 1.78. The molecule has 8 heteroatoms. The molecule has 3 aromatic rings. The monoisotopic (exact) mass is 368 g/mol.